The summed E-state index contributed by atoms with van der Waals surface area (Å²) >= 11 is 0. The zero-order chi connectivity index (χ0) is 20.0. The minimum Gasteiger partial charge on any atom is -0.355 e. The number of hydrogen-bond acceptors (Lipinski definition) is 4. The molecule has 0 unspecified atom stereocenters. The first-order chi connectivity index (χ1) is 13.4. The first kappa shape index (κ1) is 21.0. The van der Waals surface area contributed by atoms with Gasteiger partial charge in [-0.05, 0) is 50.3 Å². The van der Waals surface area contributed by atoms with Gasteiger partial charge in [-0.25, -0.2) is 12.8 Å². The Kier molecular flexibility index (Phi) is 7.20. The number of sulfonamides is 1. The fraction of sp³-hybridized carbons (Fsp3) is 0.550. The highest BCUT2D eigenvalue weighted by Crippen LogP contribution is 2.20. The molecule has 1 heterocycles. The summed E-state index contributed by atoms with van der Waals surface area (Å²) in [6.07, 6.45) is 7.97. The molecule has 1 saturated heterocycles. The highest BCUT2D eigenvalue weighted by molar-refractivity contribution is 7.89. The SMILES string of the molecule is O=C(CN1CCN(S(=O)(=O)c2cccc(F)c2)CC1)NCCC1=CCCCC1. The highest BCUT2D eigenvalue weighted by Gasteiger charge is 2.29. The van der Waals surface area contributed by atoms with Crippen LogP contribution in [0.2, 0.25) is 0 Å². The zero-order valence-corrected chi connectivity index (χ0v) is 16.9. The molecule has 28 heavy (non-hydrogen) atoms. The summed E-state index contributed by atoms with van der Waals surface area (Å²) in [7, 11) is -3.70. The molecule has 0 atom stereocenters. The molecular formula is C20H28FN3O3S. The number of nitrogens with zero attached hydrogens (tertiary/aromatic N) is 2. The van der Waals surface area contributed by atoms with E-state index in [4.69, 9.17) is 0 Å². The first-order valence-corrected chi connectivity index (χ1v) is 11.3. The van der Waals surface area contributed by atoms with E-state index >= 15 is 0 Å². The van der Waals surface area contributed by atoms with Gasteiger partial charge >= 0.3 is 0 Å². The van der Waals surface area contributed by atoms with Gasteiger partial charge in [0.2, 0.25) is 15.9 Å². The molecular weight excluding hydrogens is 381 g/mol. The Morgan fingerprint density at radius 1 is 1.14 bits per heavy atom. The minimum absolute atomic E-state index is 0.0298. The van der Waals surface area contributed by atoms with Gasteiger partial charge in [0.15, 0.2) is 0 Å². The Bertz CT molecular complexity index is 818. The van der Waals surface area contributed by atoms with Crippen molar-refractivity contribution in [1.82, 2.24) is 14.5 Å². The van der Waals surface area contributed by atoms with Crippen molar-refractivity contribution in [1.29, 1.82) is 0 Å². The average Bonchev–Trinajstić information content (AvgIpc) is 2.69. The van der Waals surface area contributed by atoms with E-state index in [1.54, 1.807) is 0 Å². The molecule has 1 aliphatic heterocycles. The largest absolute Gasteiger partial charge is 0.355 e. The summed E-state index contributed by atoms with van der Waals surface area (Å²) in [5.41, 5.74) is 1.43. The third-order valence-electron chi connectivity index (χ3n) is 5.29. The molecule has 0 spiro atoms. The number of carbonyl (C=O) groups excluding carboxylic acids is 1. The second-order valence-corrected chi connectivity index (χ2v) is 9.28. The molecule has 8 heteroatoms. The molecule has 0 saturated carbocycles. The van der Waals surface area contributed by atoms with E-state index in [0.717, 1.165) is 25.3 Å². The molecule has 0 radical (unpaired) electrons. The number of hydrogen-bond donors (Lipinski definition) is 1. The summed E-state index contributed by atoms with van der Waals surface area (Å²) in [4.78, 5) is 14.1. The minimum atomic E-state index is -3.70. The lowest BCUT2D eigenvalue weighted by molar-refractivity contribution is -0.122. The van der Waals surface area contributed by atoms with E-state index in [0.29, 0.717) is 32.7 Å². The van der Waals surface area contributed by atoms with Crippen LogP contribution in [0.1, 0.15) is 32.1 Å². The van der Waals surface area contributed by atoms with Gasteiger partial charge in [-0.15, -0.1) is 0 Å². The van der Waals surface area contributed by atoms with E-state index < -0.39 is 15.8 Å². The second kappa shape index (κ2) is 9.62. The third-order valence-corrected chi connectivity index (χ3v) is 7.18. The van der Waals surface area contributed by atoms with Crippen LogP contribution in [-0.4, -0.2) is 62.8 Å². The van der Waals surface area contributed by atoms with Crippen LogP contribution < -0.4 is 5.32 Å². The molecule has 1 aliphatic carbocycles. The highest BCUT2D eigenvalue weighted by atomic mass is 32.2. The molecule has 1 amide bonds. The van der Waals surface area contributed by atoms with Gasteiger partial charge in [0.05, 0.1) is 11.4 Å². The number of amides is 1. The molecule has 3 rings (SSSR count). The number of halogens is 1. The fourth-order valence-electron chi connectivity index (χ4n) is 3.66. The summed E-state index contributed by atoms with van der Waals surface area (Å²) in [6.45, 7) is 2.46. The number of carbonyl (C=O) groups is 1. The molecule has 0 bridgehead atoms. The van der Waals surface area contributed by atoms with Gasteiger partial charge in [0, 0.05) is 32.7 Å². The van der Waals surface area contributed by atoms with Crippen molar-refractivity contribution >= 4 is 15.9 Å². The van der Waals surface area contributed by atoms with Crippen LogP contribution in [0.15, 0.2) is 40.8 Å². The lowest BCUT2D eigenvalue weighted by atomic mass is 9.97. The zero-order valence-electron chi connectivity index (χ0n) is 16.1. The van der Waals surface area contributed by atoms with Crippen LogP contribution in [0.25, 0.3) is 0 Å². The van der Waals surface area contributed by atoms with Crippen molar-refractivity contribution in [2.75, 3.05) is 39.3 Å². The predicted octanol–water partition coefficient (Wildman–Crippen LogP) is 2.14. The average molecular weight is 410 g/mol. The topological polar surface area (TPSA) is 69.7 Å². The van der Waals surface area contributed by atoms with Crippen molar-refractivity contribution in [2.24, 2.45) is 0 Å². The van der Waals surface area contributed by atoms with Crippen LogP contribution >= 0.6 is 0 Å². The van der Waals surface area contributed by atoms with Crippen molar-refractivity contribution in [3.63, 3.8) is 0 Å². The van der Waals surface area contributed by atoms with Gasteiger partial charge in [-0.2, -0.15) is 4.31 Å². The smallest absolute Gasteiger partial charge is 0.243 e. The van der Waals surface area contributed by atoms with E-state index in [2.05, 4.69) is 11.4 Å². The summed E-state index contributed by atoms with van der Waals surface area (Å²) in [5.74, 6) is -0.599. The molecule has 1 N–H and O–H groups in total. The lowest BCUT2D eigenvalue weighted by Gasteiger charge is -2.33. The van der Waals surface area contributed by atoms with Crippen molar-refractivity contribution < 1.29 is 17.6 Å². The number of piperazine rings is 1. The second-order valence-electron chi connectivity index (χ2n) is 7.35. The maximum absolute atomic E-state index is 13.4. The van der Waals surface area contributed by atoms with E-state index in [-0.39, 0.29) is 17.3 Å². The molecule has 1 aromatic carbocycles. The molecule has 6 nitrogen and oxygen atoms in total. The Balaban J connectivity index is 1.42. The molecule has 0 aromatic heterocycles. The van der Waals surface area contributed by atoms with Crippen molar-refractivity contribution in [2.45, 2.75) is 37.0 Å². The Morgan fingerprint density at radius 3 is 2.61 bits per heavy atom. The fourth-order valence-corrected chi connectivity index (χ4v) is 5.11. The monoisotopic (exact) mass is 409 g/mol. The number of benzene rings is 1. The van der Waals surface area contributed by atoms with Crippen LogP contribution in [0.3, 0.4) is 0 Å². The summed E-state index contributed by atoms with van der Waals surface area (Å²) in [5, 5.41) is 2.96. The van der Waals surface area contributed by atoms with Gasteiger partial charge in [0.1, 0.15) is 5.82 Å². The first-order valence-electron chi connectivity index (χ1n) is 9.88. The Morgan fingerprint density at radius 2 is 1.93 bits per heavy atom. The Hall–Kier alpha value is -1.77. The van der Waals surface area contributed by atoms with Gasteiger partial charge in [0.25, 0.3) is 0 Å². The standard InChI is InChI=1S/C20H28FN3O3S/c21-18-7-4-8-19(15-18)28(26,27)24-13-11-23(12-14-24)16-20(25)22-10-9-17-5-2-1-3-6-17/h4-5,7-8,15H,1-3,6,9-14,16H2,(H,22,25). The van der Waals surface area contributed by atoms with Crippen LogP contribution in [0, 0.1) is 5.82 Å². The van der Waals surface area contributed by atoms with Crippen molar-refractivity contribution in [3.05, 3.63) is 41.7 Å². The van der Waals surface area contributed by atoms with Gasteiger partial charge in [-0.1, -0.05) is 17.7 Å². The van der Waals surface area contributed by atoms with Crippen LogP contribution in [0.5, 0.6) is 0 Å². The quantitative estimate of drug-likeness (QED) is 0.701. The van der Waals surface area contributed by atoms with Crippen molar-refractivity contribution in [3.8, 4) is 0 Å². The summed E-state index contributed by atoms with van der Waals surface area (Å²) in [6, 6.07) is 5.06. The van der Waals surface area contributed by atoms with E-state index in [9.17, 15) is 17.6 Å². The van der Waals surface area contributed by atoms with Crippen LogP contribution in [0.4, 0.5) is 4.39 Å². The van der Waals surface area contributed by atoms with Crippen LogP contribution in [-0.2, 0) is 14.8 Å². The Labute approximate surface area is 166 Å². The molecule has 1 fully saturated rings. The normalized spacial score (nSPS) is 19.2. The van der Waals surface area contributed by atoms with E-state index in [1.807, 2.05) is 4.90 Å². The molecule has 2 aliphatic rings. The van der Waals surface area contributed by atoms with E-state index in [1.165, 1.54) is 40.9 Å². The molecule has 1 aromatic rings. The maximum atomic E-state index is 13.4. The summed E-state index contributed by atoms with van der Waals surface area (Å²) < 4.78 is 39.9. The number of allylic oxidation sites excluding steroid dienone is 1. The van der Waals surface area contributed by atoms with Gasteiger partial charge < -0.3 is 5.32 Å². The lowest BCUT2D eigenvalue weighted by Crippen LogP contribution is -2.51. The van der Waals surface area contributed by atoms with Gasteiger partial charge in [-0.3, -0.25) is 9.69 Å². The molecule has 154 valence electrons. The maximum Gasteiger partial charge on any atom is 0.243 e. The number of nitrogens with one attached hydrogen (secondary N) is 1. The predicted molar refractivity (Wildman–Crippen MR) is 106 cm³/mol. The third kappa shape index (κ3) is 5.62. The number of rotatable bonds is 7.